The van der Waals surface area contributed by atoms with Gasteiger partial charge in [-0.15, -0.1) is 0 Å². The molecule has 0 aliphatic carbocycles. The Morgan fingerprint density at radius 2 is 1.96 bits per heavy atom. The van der Waals surface area contributed by atoms with Crippen molar-refractivity contribution in [2.75, 3.05) is 0 Å². The van der Waals surface area contributed by atoms with Gasteiger partial charge in [0.15, 0.2) is 7.24 Å². The van der Waals surface area contributed by atoms with Gasteiger partial charge in [-0.1, -0.05) is 6.07 Å². The fourth-order valence-electron chi connectivity index (χ4n) is 2.50. The minimum absolute atomic E-state index is 0.176. The van der Waals surface area contributed by atoms with Gasteiger partial charge in [0.2, 0.25) is 5.28 Å². The number of halogens is 1. The number of nitrogens with one attached hydrogen (secondary N) is 1. The van der Waals surface area contributed by atoms with Crippen molar-refractivity contribution in [2.45, 2.75) is 12.8 Å². The Hall–Kier alpha value is -2.86. The van der Waals surface area contributed by atoms with E-state index >= 15 is 0 Å². The number of H-pyrrole nitrogens is 1. The van der Waals surface area contributed by atoms with E-state index in [0.29, 0.717) is 11.5 Å². The molecule has 0 amide bonds. The highest BCUT2D eigenvalue weighted by atomic mass is 35.5. The third kappa shape index (κ3) is 3.09. The van der Waals surface area contributed by atoms with Crippen molar-refractivity contribution in [2.24, 2.45) is 0 Å². The molecule has 0 radical (unpaired) electrons. The molecule has 0 aliphatic heterocycles. The van der Waals surface area contributed by atoms with Crippen molar-refractivity contribution < 1.29 is 1.41 Å². The number of aromatic nitrogens is 6. The van der Waals surface area contributed by atoms with Crippen LogP contribution in [0.3, 0.4) is 0 Å². The first kappa shape index (κ1) is 13.6. The molecule has 118 valence electrons. The largest absolute Gasteiger partial charge is 0.278 e. The summed E-state index contributed by atoms with van der Waals surface area (Å²) in [6, 6.07) is 9.62. The number of hydrogen-bond donors (Lipinski definition) is 1. The van der Waals surface area contributed by atoms with Crippen molar-refractivity contribution >= 4 is 22.5 Å². The Morgan fingerprint density at radius 3 is 2.88 bits per heavy atom. The standard InChI is InChI=1S/C17H13ClN6/c18-17-20-8-6-15(23-17)16-19-7-5-13(22-16)3-1-11-2-4-14-12(9-11)10-21-24-14/h2,4-10H,1,3H2,(H,21,24)/i/hD. The summed E-state index contributed by atoms with van der Waals surface area (Å²) in [5.74, 6) is 0.535. The van der Waals surface area contributed by atoms with E-state index in [1.54, 1.807) is 24.7 Å². The zero-order valence-electron chi connectivity index (χ0n) is 13.6. The summed E-state index contributed by atoms with van der Waals surface area (Å²) in [6.45, 7) is 0. The van der Waals surface area contributed by atoms with Crippen LogP contribution in [0.15, 0.2) is 48.9 Å². The highest BCUT2D eigenvalue weighted by Crippen LogP contribution is 2.16. The molecule has 0 saturated heterocycles. The van der Waals surface area contributed by atoms with E-state index < -0.39 is 0 Å². The molecule has 0 saturated carbocycles. The molecule has 0 aliphatic rings. The predicted octanol–water partition coefficient (Wildman–Crippen LogP) is 3.25. The molecule has 7 heteroatoms. The lowest BCUT2D eigenvalue weighted by atomic mass is 10.1. The molecule has 0 bridgehead atoms. The first-order chi connectivity index (χ1) is 12.2. The molecule has 0 spiro atoms. The fourth-order valence-corrected chi connectivity index (χ4v) is 2.65. The first-order valence-corrected chi connectivity index (χ1v) is 7.83. The maximum atomic E-state index is 7.64. The molecule has 4 rings (SSSR count). The lowest BCUT2D eigenvalue weighted by Gasteiger charge is -2.04. The Kier molecular flexibility index (Phi) is 3.58. The Morgan fingerprint density at radius 1 is 1.04 bits per heavy atom. The van der Waals surface area contributed by atoms with Crippen LogP contribution in [0.5, 0.6) is 0 Å². The summed E-state index contributed by atoms with van der Waals surface area (Å²) in [4.78, 5) is 16.8. The van der Waals surface area contributed by atoms with Crippen LogP contribution in [0.1, 0.15) is 11.3 Å². The molecule has 1 aromatic carbocycles. The molecule has 3 aromatic heterocycles. The number of benzene rings is 1. The first-order valence-electron chi connectivity index (χ1n) is 7.90. The van der Waals surface area contributed by atoms with Crippen LogP contribution in [-0.4, -0.2) is 30.1 Å². The third-order valence-corrected chi connectivity index (χ3v) is 3.87. The quantitative estimate of drug-likeness (QED) is 0.578. The summed E-state index contributed by atoms with van der Waals surface area (Å²) in [6.07, 6.45) is 6.62. The molecule has 0 unspecified atom stereocenters. The van der Waals surface area contributed by atoms with E-state index in [1.807, 2.05) is 18.2 Å². The van der Waals surface area contributed by atoms with E-state index in [2.05, 4.69) is 31.1 Å². The highest BCUT2D eigenvalue weighted by Gasteiger charge is 2.06. The molecular weight excluding hydrogens is 324 g/mol. The molecule has 3 heterocycles. The molecule has 0 fully saturated rings. The van der Waals surface area contributed by atoms with Crippen LogP contribution < -0.4 is 0 Å². The zero-order chi connectivity index (χ0) is 17.2. The van der Waals surface area contributed by atoms with Gasteiger partial charge in [0.05, 0.1) is 11.7 Å². The number of nitrogens with zero attached hydrogens (tertiary/aromatic N) is 5. The molecule has 4 aromatic rings. The van der Waals surface area contributed by atoms with Gasteiger partial charge in [0.1, 0.15) is 5.69 Å². The van der Waals surface area contributed by atoms with Crippen LogP contribution in [0.2, 0.25) is 6.70 Å². The van der Waals surface area contributed by atoms with Crippen molar-refractivity contribution in [1.29, 1.82) is 0 Å². The average molecular weight is 338 g/mol. The van der Waals surface area contributed by atoms with E-state index in [4.69, 9.17) is 13.0 Å². The minimum atomic E-state index is 0.176. The minimum Gasteiger partial charge on any atom is -0.278 e. The molecular formula is C17H13ClN6. The molecule has 0 atom stereocenters. The van der Waals surface area contributed by atoms with Gasteiger partial charge < -0.3 is 0 Å². The number of aryl methyl sites for hydroxylation is 2. The number of rotatable bonds is 4. The lowest BCUT2D eigenvalue weighted by Crippen LogP contribution is -1.99. The highest BCUT2D eigenvalue weighted by molar-refractivity contribution is 6.28. The van der Waals surface area contributed by atoms with Crippen LogP contribution in [-0.2, 0) is 12.8 Å². The van der Waals surface area contributed by atoms with Crippen LogP contribution in [0, 0.1) is 0 Å². The second-order valence-electron chi connectivity index (χ2n) is 5.32. The topological polar surface area (TPSA) is 80.2 Å². The number of fused-ring (bicyclic) bond motifs is 1. The predicted molar refractivity (Wildman–Crippen MR) is 91.6 cm³/mol. The van der Waals surface area contributed by atoms with Crippen molar-refractivity contribution in [1.82, 2.24) is 30.1 Å². The van der Waals surface area contributed by atoms with Gasteiger partial charge in [0.25, 0.3) is 0 Å². The van der Waals surface area contributed by atoms with Crippen LogP contribution >= 0.6 is 11.6 Å². The fraction of sp³-hybridized carbons (Fsp3) is 0.118. The smallest absolute Gasteiger partial charge is 0.222 e. The van der Waals surface area contributed by atoms with Gasteiger partial charge in [-0.25, -0.2) is 19.9 Å². The SMILES string of the molecule is [2H]n1ncc2cc(CCc3ccnc(-c4ccnc(Cl)n4)n3)ccc21. The second kappa shape index (κ2) is 6.33. The number of hydrogen-bond acceptors (Lipinski definition) is 5. The molecule has 24 heavy (non-hydrogen) atoms. The Labute approximate surface area is 144 Å². The third-order valence-electron chi connectivity index (χ3n) is 3.69. The van der Waals surface area contributed by atoms with Crippen molar-refractivity contribution in [3.63, 3.8) is 0 Å². The number of aromatic amines is 1. The normalized spacial score (nSPS) is 11.6. The molecule has 1 N–H and O–H groups in total. The average Bonchev–Trinajstić information content (AvgIpc) is 3.01. The van der Waals surface area contributed by atoms with E-state index in [1.165, 1.54) is 5.56 Å². The molecule has 6 nitrogen and oxygen atoms in total. The van der Waals surface area contributed by atoms with Gasteiger partial charge in [-0.05, 0) is 54.3 Å². The zero-order valence-corrected chi connectivity index (χ0v) is 13.4. The summed E-state index contributed by atoms with van der Waals surface area (Å²) >= 11 is 5.83. The van der Waals surface area contributed by atoms with Gasteiger partial charge >= 0.3 is 0 Å². The maximum absolute atomic E-state index is 7.64. The van der Waals surface area contributed by atoms with Gasteiger partial charge in [-0.2, -0.15) is 5.10 Å². The summed E-state index contributed by atoms with van der Waals surface area (Å²) in [7, 11) is 0. The van der Waals surface area contributed by atoms with Gasteiger partial charge in [0, 0.05) is 23.5 Å². The van der Waals surface area contributed by atoms with Crippen molar-refractivity contribution in [3.05, 3.63) is 65.5 Å². The Balaban J connectivity index is 1.53. The summed E-state index contributed by atoms with van der Waals surface area (Å²) in [5.41, 5.74) is 3.50. The van der Waals surface area contributed by atoms with Crippen LogP contribution in [0.4, 0.5) is 0 Å². The van der Waals surface area contributed by atoms with E-state index in [9.17, 15) is 0 Å². The maximum Gasteiger partial charge on any atom is 0.222 e. The van der Waals surface area contributed by atoms with E-state index in [-0.39, 0.29) is 5.28 Å². The van der Waals surface area contributed by atoms with Crippen LogP contribution in [0.25, 0.3) is 22.4 Å². The van der Waals surface area contributed by atoms with Gasteiger partial charge in [-0.3, -0.25) is 5.09 Å². The van der Waals surface area contributed by atoms with Crippen molar-refractivity contribution in [3.8, 4) is 11.5 Å². The second-order valence-corrected chi connectivity index (χ2v) is 5.66. The monoisotopic (exact) mass is 337 g/mol. The Bertz CT molecular complexity index is 1050. The lowest BCUT2D eigenvalue weighted by molar-refractivity contribution is 0.902. The van der Waals surface area contributed by atoms with E-state index in [0.717, 1.165) is 34.5 Å². The summed E-state index contributed by atoms with van der Waals surface area (Å²) in [5, 5.41) is 6.21. The summed E-state index contributed by atoms with van der Waals surface area (Å²) < 4.78 is 7.64.